The number of guanidine groups is 1. The molecule has 0 saturated heterocycles. The van der Waals surface area contributed by atoms with Gasteiger partial charge in [-0.2, -0.15) is 5.10 Å². The number of halogens is 1. The normalized spacial score (nSPS) is 11.3. The van der Waals surface area contributed by atoms with Crippen molar-refractivity contribution in [3.63, 3.8) is 0 Å². The Bertz CT molecular complexity index is 719. The quantitative estimate of drug-likeness (QED) is 0.368. The van der Waals surface area contributed by atoms with E-state index in [0.717, 1.165) is 37.6 Å². The van der Waals surface area contributed by atoms with Crippen molar-refractivity contribution in [3.8, 4) is 11.5 Å². The minimum Gasteiger partial charge on any atom is -0.493 e. The molecule has 2 rings (SSSR count). The lowest BCUT2D eigenvalue weighted by Gasteiger charge is -2.14. The second-order valence-corrected chi connectivity index (χ2v) is 6.19. The highest BCUT2D eigenvalue weighted by Crippen LogP contribution is 2.36. The number of nitrogens with one attached hydrogen (secondary N) is 2. The van der Waals surface area contributed by atoms with E-state index in [4.69, 9.17) is 21.1 Å². The van der Waals surface area contributed by atoms with Crippen LogP contribution in [0.1, 0.15) is 25.8 Å². The first-order valence-electron chi connectivity index (χ1n) is 9.16. The molecule has 0 radical (unpaired) electrons. The average molecular weight is 394 g/mol. The number of nitrogens with zero attached hydrogens (tertiary/aromatic N) is 3. The van der Waals surface area contributed by atoms with Crippen LogP contribution in [0.25, 0.3) is 0 Å². The van der Waals surface area contributed by atoms with Crippen molar-refractivity contribution in [2.45, 2.75) is 33.4 Å². The van der Waals surface area contributed by atoms with E-state index in [1.54, 1.807) is 13.3 Å². The molecule has 0 aliphatic rings. The van der Waals surface area contributed by atoms with Gasteiger partial charge in [0.25, 0.3) is 0 Å². The Morgan fingerprint density at radius 2 is 2.15 bits per heavy atom. The van der Waals surface area contributed by atoms with Crippen LogP contribution in [0.2, 0.25) is 5.02 Å². The smallest absolute Gasteiger partial charge is 0.191 e. The molecule has 0 unspecified atom stereocenters. The SMILES string of the molecule is CCNC(=NCc1cc(Cl)c(OCC)c(OC)c1)NCCCn1cccn1. The monoisotopic (exact) mass is 393 g/mol. The number of benzene rings is 1. The Labute approximate surface area is 165 Å². The summed E-state index contributed by atoms with van der Waals surface area (Å²) in [5, 5.41) is 11.3. The van der Waals surface area contributed by atoms with E-state index in [2.05, 4.69) is 20.7 Å². The molecule has 0 amide bonds. The van der Waals surface area contributed by atoms with Crippen LogP contribution in [-0.2, 0) is 13.1 Å². The maximum atomic E-state index is 6.33. The van der Waals surface area contributed by atoms with Gasteiger partial charge in [0.15, 0.2) is 17.5 Å². The Morgan fingerprint density at radius 3 is 2.81 bits per heavy atom. The van der Waals surface area contributed by atoms with Crippen LogP contribution in [0, 0.1) is 0 Å². The minimum atomic E-state index is 0.483. The number of methoxy groups -OCH3 is 1. The topological polar surface area (TPSA) is 72.7 Å². The van der Waals surface area contributed by atoms with Crippen molar-refractivity contribution >= 4 is 17.6 Å². The van der Waals surface area contributed by atoms with E-state index in [-0.39, 0.29) is 0 Å². The number of aromatic nitrogens is 2. The molecule has 0 aliphatic carbocycles. The summed E-state index contributed by atoms with van der Waals surface area (Å²) in [7, 11) is 1.60. The Hall–Kier alpha value is -2.41. The number of hydrogen-bond acceptors (Lipinski definition) is 4. The molecule has 1 heterocycles. The summed E-state index contributed by atoms with van der Waals surface area (Å²) in [6, 6.07) is 5.69. The highest BCUT2D eigenvalue weighted by atomic mass is 35.5. The first-order valence-corrected chi connectivity index (χ1v) is 9.54. The minimum absolute atomic E-state index is 0.483. The van der Waals surface area contributed by atoms with Gasteiger partial charge in [-0.3, -0.25) is 4.68 Å². The van der Waals surface area contributed by atoms with Crippen LogP contribution in [0.15, 0.2) is 35.6 Å². The zero-order chi connectivity index (χ0) is 19.5. The lowest BCUT2D eigenvalue weighted by molar-refractivity contribution is 0.311. The third-order valence-corrected chi connectivity index (χ3v) is 4.04. The van der Waals surface area contributed by atoms with Gasteiger partial charge in [0, 0.05) is 32.0 Å². The van der Waals surface area contributed by atoms with Crippen molar-refractivity contribution in [2.24, 2.45) is 4.99 Å². The molecule has 27 heavy (non-hydrogen) atoms. The molecular formula is C19H28ClN5O2. The standard InChI is InChI=1S/C19H28ClN5O2/c1-4-21-19(22-8-6-10-25-11-7-9-24-25)23-14-15-12-16(20)18(27-5-2)17(13-15)26-3/h7,9,11-13H,4-6,8,10,14H2,1-3H3,(H2,21,22,23). The van der Waals surface area contributed by atoms with Crippen LogP contribution in [0.5, 0.6) is 11.5 Å². The third-order valence-electron chi connectivity index (χ3n) is 3.76. The summed E-state index contributed by atoms with van der Waals surface area (Å²) in [5.41, 5.74) is 0.953. The molecule has 0 bridgehead atoms. The van der Waals surface area contributed by atoms with Gasteiger partial charge in [-0.15, -0.1) is 0 Å². The molecule has 1 aromatic heterocycles. The molecule has 0 aliphatic heterocycles. The lowest BCUT2D eigenvalue weighted by Crippen LogP contribution is -2.38. The van der Waals surface area contributed by atoms with E-state index in [0.29, 0.717) is 29.7 Å². The number of aryl methyl sites for hydroxylation is 1. The predicted molar refractivity (Wildman–Crippen MR) is 109 cm³/mol. The van der Waals surface area contributed by atoms with Crippen molar-refractivity contribution in [3.05, 3.63) is 41.2 Å². The van der Waals surface area contributed by atoms with Crippen LogP contribution in [0.4, 0.5) is 0 Å². The van der Waals surface area contributed by atoms with E-state index in [1.807, 2.05) is 42.9 Å². The van der Waals surface area contributed by atoms with E-state index in [1.165, 1.54) is 0 Å². The molecular weight excluding hydrogens is 366 g/mol. The molecule has 148 valence electrons. The Balaban J connectivity index is 1.95. The van der Waals surface area contributed by atoms with Gasteiger partial charge >= 0.3 is 0 Å². The third kappa shape index (κ3) is 6.67. The van der Waals surface area contributed by atoms with Crippen molar-refractivity contribution in [1.82, 2.24) is 20.4 Å². The summed E-state index contributed by atoms with van der Waals surface area (Å²) in [4.78, 5) is 4.63. The highest BCUT2D eigenvalue weighted by Gasteiger charge is 2.11. The van der Waals surface area contributed by atoms with Gasteiger partial charge in [0.05, 0.1) is 25.3 Å². The molecule has 8 heteroatoms. The summed E-state index contributed by atoms with van der Waals surface area (Å²) in [6.07, 6.45) is 4.70. The predicted octanol–water partition coefficient (Wildman–Crippen LogP) is 3.09. The maximum absolute atomic E-state index is 6.33. The zero-order valence-electron chi connectivity index (χ0n) is 16.2. The molecule has 7 nitrogen and oxygen atoms in total. The fraction of sp³-hybridized carbons (Fsp3) is 0.474. The first-order chi connectivity index (χ1) is 13.2. The van der Waals surface area contributed by atoms with Crippen molar-refractivity contribution in [2.75, 3.05) is 26.8 Å². The molecule has 0 fully saturated rings. The van der Waals surface area contributed by atoms with Crippen molar-refractivity contribution in [1.29, 1.82) is 0 Å². The van der Waals surface area contributed by atoms with Gasteiger partial charge in [-0.1, -0.05) is 11.6 Å². The fourth-order valence-electron chi connectivity index (χ4n) is 2.54. The summed E-state index contributed by atoms with van der Waals surface area (Å²) < 4.78 is 12.9. The molecule has 0 atom stereocenters. The molecule has 0 saturated carbocycles. The summed E-state index contributed by atoms with van der Waals surface area (Å²) in [6.45, 7) is 7.42. The van der Waals surface area contributed by atoms with E-state index < -0.39 is 0 Å². The average Bonchev–Trinajstić information content (AvgIpc) is 3.18. The van der Waals surface area contributed by atoms with Gasteiger partial charge in [0.2, 0.25) is 0 Å². The second-order valence-electron chi connectivity index (χ2n) is 5.79. The van der Waals surface area contributed by atoms with Gasteiger partial charge < -0.3 is 20.1 Å². The fourth-order valence-corrected chi connectivity index (χ4v) is 2.83. The number of hydrogen-bond donors (Lipinski definition) is 2. The zero-order valence-corrected chi connectivity index (χ0v) is 16.9. The Morgan fingerprint density at radius 1 is 1.30 bits per heavy atom. The van der Waals surface area contributed by atoms with Crippen LogP contribution >= 0.6 is 11.6 Å². The van der Waals surface area contributed by atoms with E-state index >= 15 is 0 Å². The van der Waals surface area contributed by atoms with Gasteiger partial charge in [-0.05, 0) is 44.0 Å². The molecule has 2 N–H and O–H groups in total. The van der Waals surface area contributed by atoms with E-state index in [9.17, 15) is 0 Å². The van der Waals surface area contributed by atoms with Crippen LogP contribution < -0.4 is 20.1 Å². The number of ether oxygens (including phenoxy) is 2. The summed E-state index contributed by atoms with van der Waals surface area (Å²) in [5.74, 6) is 1.95. The van der Waals surface area contributed by atoms with Crippen LogP contribution in [-0.4, -0.2) is 42.5 Å². The molecule has 1 aromatic carbocycles. The first kappa shape index (κ1) is 20.9. The van der Waals surface area contributed by atoms with Gasteiger partial charge in [0.1, 0.15) is 0 Å². The number of aliphatic imine (C=N–C) groups is 1. The maximum Gasteiger partial charge on any atom is 0.191 e. The number of rotatable bonds is 10. The van der Waals surface area contributed by atoms with Crippen LogP contribution in [0.3, 0.4) is 0 Å². The van der Waals surface area contributed by atoms with Gasteiger partial charge in [-0.25, -0.2) is 4.99 Å². The largest absolute Gasteiger partial charge is 0.493 e. The second kappa shape index (κ2) is 11.3. The van der Waals surface area contributed by atoms with Crippen molar-refractivity contribution < 1.29 is 9.47 Å². The Kier molecular flexibility index (Phi) is 8.77. The highest BCUT2D eigenvalue weighted by molar-refractivity contribution is 6.32. The lowest BCUT2D eigenvalue weighted by atomic mass is 10.2. The summed E-state index contributed by atoms with van der Waals surface area (Å²) >= 11 is 6.33. The molecule has 2 aromatic rings. The molecule has 0 spiro atoms.